The van der Waals surface area contributed by atoms with Gasteiger partial charge < -0.3 is 9.80 Å². The predicted molar refractivity (Wildman–Crippen MR) is 62.8 cm³/mol. The van der Waals surface area contributed by atoms with Crippen molar-refractivity contribution in [2.24, 2.45) is 5.92 Å². The summed E-state index contributed by atoms with van der Waals surface area (Å²) in [5.74, 6) is -0.592. The van der Waals surface area contributed by atoms with Gasteiger partial charge in [0.2, 0.25) is 11.8 Å². The summed E-state index contributed by atoms with van der Waals surface area (Å²) in [4.78, 5) is 26.7. The van der Waals surface area contributed by atoms with Crippen LogP contribution in [0.1, 0.15) is 26.7 Å². The Bertz CT molecular complexity index is 335. The first-order valence-electron chi connectivity index (χ1n) is 6.04. The standard InChI is InChI=1S/C12H19N3O2/c1-3-11(9-13)12(17)15-6-4-5-14(7-8-15)10(2)16/h11H,3-8H2,1-2H3. The molecule has 0 saturated carbocycles. The van der Waals surface area contributed by atoms with Crippen molar-refractivity contribution in [2.75, 3.05) is 26.2 Å². The number of nitriles is 1. The van der Waals surface area contributed by atoms with Crippen molar-refractivity contribution in [2.45, 2.75) is 26.7 Å². The van der Waals surface area contributed by atoms with E-state index in [1.807, 2.05) is 13.0 Å². The molecule has 1 aliphatic rings. The molecule has 1 fully saturated rings. The highest BCUT2D eigenvalue weighted by Crippen LogP contribution is 2.10. The Morgan fingerprint density at radius 2 is 1.82 bits per heavy atom. The summed E-state index contributed by atoms with van der Waals surface area (Å²) in [5, 5.41) is 8.88. The average molecular weight is 237 g/mol. The third-order valence-electron chi connectivity index (χ3n) is 3.12. The molecule has 1 aliphatic heterocycles. The molecule has 0 aromatic carbocycles. The Kier molecular flexibility index (Phi) is 4.95. The highest BCUT2D eigenvalue weighted by molar-refractivity contribution is 5.81. The molecular formula is C12H19N3O2. The first kappa shape index (κ1) is 13.5. The third kappa shape index (κ3) is 3.45. The summed E-state index contributed by atoms with van der Waals surface area (Å²) >= 11 is 0. The summed E-state index contributed by atoms with van der Waals surface area (Å²) in [5.41, 5.74) is 0. The summed E-state index contributed by atoms with van der Waals surface area (Å²) in [6.07, 6.45) is 1.33. The predicted octanol–water partition coefficient (Wildman–Crippen LogP) is 0.617. The molecule has 0 aromatic rings. The number of nitrogens with zero attached hydrogens (tertiary/aromatic N) is 3. The molecule has 1 saturated heterocycles. The lowest BCUT2D eigenvalue weighted by Crippen LogP contribution is -2.39. The van der Waals surface area contributed by atoms with Gasteiger partial charge in [-0.25, -0.2) is 0 Å². The second-order valence-electron chi connectivity index (χ2n) is 4.27. The van der Waals surface area contributed by atoms with Crippen LogP contribution in [-0.4, -0.2) is 47.8 Å². The summed E-state index contributed by atoms with van der Waals surface area (Å²) in [6.45, 7) is 5.83. The van der Waals surface area contributed by atoms with Gasteiger partial charge in [0.05, 0.1) is 6.07 Å². The molecule has 1 rings (SSSR count). The fraction of sp³-hybridized carbons (Fsp3) is 0.750. The SMILES string of the molecule is CCC(C#N)C(=O)N1CCCN(C(C)=O)CC1. The van der Waals surface area contributed by atoms with Crippen molar-refractivity contribution in [1.82, 2.24) is 9.80 Å². The molecule has 0 radical (unpaired) electrons. The molecule has 0 aliphatic carbocycles. The van der Waals surface area contributed by atoms with Gasteiger partial charge >= 0.3 is 0 Å². The average Bonchev–Trinajstić information content (AvgIpc) is 2.55. The summed E-state index contributed by atoms with van der Waals surface area (Å²) < 4.78 is 0. The number of hydrogen-bond acceptors (Lipinski definition) is 3. The third-order valence-corrected chi connectivity index (χ3v) is 3.12. The quantitative estimate of drug-likeness (QED) is 0.707. The second-order valence-corrected chi connectivity index (χ2v) is 4.27. The van der Waals surface area contributed by atoms with E-state index in [4.69, 9.17) is 5.26 Å². The van der Waals surface area contributed by atoms with Gasteiger partial charge in [-0.15, -0.1) is 0 Å². The molecule has 1 unspecified atom stereocenters. The van der Waals surface area contributed by atoms with Crippen LogP contribution in [0.25, 0.3) is 0 Å². The van der Waals surface area contributed by atoms with E-state index in [1.54, 1.807) is 16.7 Å². The number of carbonyl (C=O) groups excluding carboxylic acids is 2. The zero-order valence-electron chi connectivity index (χ0n) is 10.5. The molecule has 2 amide bonds. The van der Waals surface area contributed by atoms with E-state index < -0.39 is 5.92 Å². The first-order chi connectivity index (χ1) is 8.10. The molecular weight excluding hydrogens is 218 g/mol. The highest BCUT2D eigenvalue weighted by Gasteiger charge is 2.25. The molecule has 5 heteroatoms. The van der Waals surface area contributed by atoms with Crippen molar-refractivity contribution < 1.29 is 9.59 Å². The van der Waals surface area contributed by atoms with Crippen LogP contribution >= 0.6 is 0 Å². The maximum Gasteiger partial charge on any atom is 0.239 e. The van der Waals surface area contributed by atoms with Crippen LogP contribution in [0.15, 0.2) is 0 Å². The van der Waals surface area contributed by atoms with Gasteiger partial charge in [0.1, 0.15) is 5.92 Å². The van der Waals surface area contributed by atoms with E-state index in [9.17, 15) is 9.59 Å². The smallest absolute Gasteiger partial charge is 0.239 e. The van der Waals surface area contributed by atoms with Crippen molar-refractivity contribution >= 4 is 11.8 Å². The topological polar surface area (TPSA) is 64.4 Å². The Balaban J connectivity index is 2.60. The highest BCUT2D eigenvalue weighted by atomic mass is 16.2. The normalized spacial score (nSPS) is 18.2. The molecule has 17 heavy (non-hydrogen) atoms. The molecule has 0 spiro atoms. The van der Waals surface area contributed by atoms with Crippen LogP contribution in [0.4, 0.5) is 0 Å². The van der Waals surface area contributed by atoms with Gasteiger partial charge in [-0.05, 0) is 12.8 Å². The van der Waals surface area contributed by atoms with E-state index in [0.29, 0.717) is 32.6 Å². The van der Waals surface area contributed by atoms with Crippen molar-refractivity contribution in [1.29, 1.82) is 5.26 Å². The maximum atomic E-state index is 12.0. The number of hydrogen-bond donors (Lipinski definition) is 0. The molecule has 0 N–H and O–H groups in total. The monoisotopic (exact) mass is 237 g/mol. The van der Waals surface area contributed by atoms with E-state index in [2.05, 4.69) is 0 Å². The van der Waals surface area contributed by atoms with Crippen LogP contribution < -0.4 is 0 Å². The van der Waals surface area contributed by atoms with Gasteiger partial charge in [0, 0.05) is 33.1 Å². The molecule has 1 atom stereocenters. The molecule has 94 valence electrons. The van der Waals surface area contributed by atoms with Crippen molar-refractivity contribution in [3.8, 4) is 6.07 Å². The summed E-state index contributed by atoms with van der Waals surface area (Å²) in [6, 6.07) is 2.03. The van der Waals surface area contributed by atoms with Crippen LogP contribution in [0.2, 0.25) is 0 Å². The Labute approximate surface area is 102 Å². The van der Waals surface area contributed by atoms with Crippen LogP contribution in [0.3, 0.4) is 0 Å². The van der Waals surface area contributed by atoms with E-state index >= 15 is 0 Å². The molecule has 5 nitrogen and oxygen atoms in total. The van der Waals surface area contributed by atoms with Gasteiger partial charge in [0.15, 0.2) is 0 Å². The Hall–Kier alpha value is -1.57. The molecule has 0 aromatic heterocycles. The lowest BCUT2D eigenvalue weighted by Gasteiger charge is -2.23. The zero-order valence-corrected chi connectivity index (χ0v) is 10.5. The Morgan fingerprint density at radius 1 is 1.24 bits per heavy atom. The van der Waals surface area contributed by atoms with Crippen molar-refractivity contribution in [3.63, 3.8) is 0 Å². The fourth-order valence-electron chi connectivity index (χ4n) is 1.99. The number of carbonyl (C=O) groups is 2. The first-order valence-corrected chi connectivity index (χ1v) is 6.04. The minimum Gasteiger partial charge on any atom is -0.341 e. The van der Waals surface area contributed by atoms with E-state index in [0.717, 1.165) is 6.42 Å². The van der Waals surface area contributed by atoms with Crippen LogP contribution in [0.5, 0.6) is 0 Å². The maximum absolute atomic E-state index is 12.0. The fourth-order valence-corrected chi connectivity index (χ4v) is 1.99. The lowest BCUT2D eigenvalue weighted by atomic mass is 10.1. The lowest BCUT2D eigenvalue weighted by molar-refractivity contribution is -0.134. The van der Waals surface area contributed by atoms with Crippen LogP contribution in [0, 0.1) is 17.2 Å². The number of amides is 2. The van der Waals surface area contributed by atoms with Gasteiger partial charge in [-0.3, -0.25) is 9.59 Å². The summed E-state index contributed by atoms with van der Waals surface area (Å²) in [7, 11) is 0. The van der Waals surface area contributed by atoms with Gasteiger partial charge in [-0.2, -0.15) is 5.26 Å². The zero-order chi connectivity index (χ0) is 12.8. The van der Waals surface area contributed by atoms with E-state index in [-0.39, 0.29) is 11.8 Å². The Morgan fingerprint density at radius 3 is 2.35 bits per heavy atom. The van der Waals surface area contributed by atoms with Crippen molar-refractivity contribution in [3.05, 3.63) is 0 Å². The second kappa shape index (κ2) is 6.24. The minimum absolute atomic E-state index is 0.0478. The number of rotatable bonds is 2. The molecule has 0 bridgehead atoms. The van der Waals surface area contributed by atoms with Gasteiger partial charge in [-0.1, -0.05) is 6.92 Å². The van der Waals surface area contributed by atoms with E-state index in [1.165, 1.54) is 0 Å². The molecule has 1 heterocycles. The van der Waals surface area contributed by atoms with Crippen LogP contribution in [-0.2, 0) is 9.59 Å². The minimum atomic E-state index is -0.543. The van der Waals surface area contributed by atoms with Gasteiger partial charge in [0.25, 0.3) is 0 Å². The largest absolute Gasteiger partial charge is 0.341 e.